The number of hydrogen-bond acceptors (Lipinski definition) is 5. The molecule has 0 bridgehead atoms. The Kier molecular flexibility index (Phi) is 6.18. The molecule has 194 valence electrons. The molecule has 37 heavy (non-hydrogen) atoms. The Morgan fingerprint density at radius 3 is 2.65 bits per heavy atom. The average molecular weight is 505 g/mol. The average Bonchev–Trinajstić information content (AvgIpc) is 3.46. The number of hydrogen-bond donors (Lipinski definition) is 1. The minimum atomic E-state index is -0.915. The van der Waals surface area contributed by atoms with Crippen molar-refractivity contribution in [1.29, 1.82) is 0 Å². The van der Waals surface area contributed by atoms with Crippen LogP contribution in [0.25, 0.3) is 22.2 Å². The molecule has 2 aromatic carbocycles. The number of fused-ring (bicyclic) bond motifs is 5. The van der Waals surface area contributed by atoms with Gasteiger partial charge in [-0.15, -0.1) is 0 Å². The summed E-state index contributed by atoms with van der Waals surface area (Å²) in [5.74, 6) is 1.01. The Morgan fingerprint density at radius 1 is 1.03 bits per heavy atom. The molecule has 2 aliphatic heterocycles. The quantitative estimate of drug-likeness (QED) is 0.493. The topological polar surface area (TPSA) is 90.2 Å². The van der Waals surface area contributed by atoms with E-state index in [2.05, 4.69) is 10.6 Å². The largest absolute Gasteiger partial charge is 0.491 e. The van der Waals surface area contributed by atoms with Crippen LogP contribution in [0.2, 0.25) is 0 Å². The molecule has 3 aliphatic rings. The number of rotatable bonds is 4. The zero-order chi connectivity index (χ0) is 25.5. The van der Waals surface area contributed by atoms with Crippen LogP contribution in [0, 0.1) is 0 Å². The summed E-state index contributed by atoms with van der Waals surface area (Å²) in [5.41, 5.74) is 4.73. The summed E-state index contributed by atoms with van der Waals surface area (Å²) >= 11 is 0. The molecule has 3 heterocycles. The molecule has 1 aromatic heterocycles. The van der Waals surface area contributed by atoms with Gasteiger partial charge in [0.1, 0.15) is 24.2 Å². The number of likely N-dealkylation sites (tertiary alicyclic amines) is 1. The van der Waals surface area contributed by atoms with Gasteiger partial charge in [0.2, 0.25) is 0 Å². The van der Waals surface area contributed by atoms with Gasteiger partial charge in [0.15, 0.2) is 0 Å². The van der Waals surface area contributed by atoms with Crippen molar-refractivity contribution in [3.63, 3.8) is 0 Å². The monoisotopic (exact) mass is 504 g/mol. The Hall–Kier alpha value is -3.68. The minimum absolute atomic E-state index is 0.0957. The summed E-state index contributed by atoms with van der Waals surface area (Å²) < 4.78 is 19.6. The standard InChI is InChI=1S/C29H32N2O6/c1-35-29(34)30-12-11-21(17-30)37-20-8-10-23-25(16-20)36-14-13-31-24-15-19(28(32)33)7-9-22(24)26(27(23)31)18-5-3-2-4-6-18/h7-10,15-16,18,21H,2-6,11-14,17H2,1H3,(H,32,33)/t21-/m0/s1. The molecule has 1 saturated carbocycles. The first-order valence-corrected chi connectivity index (χ1v) is 13.2. The second-order valence-electron chi connectivity index (χ2n) is 10.2. The highest BCUT2D eigenvalue weighted by Gasteiger charge is 2.31. The number of aromatic carboxylic acids is 1. The van der Waals surface area contributed by atoms with Crippen LogP contribution in [-0.4, -0.2) is 59.5 Å². The minimum Gasteiger partial charge on any atom is -0.491 e. The number of amides is 1. The number of carbonyl (C=O) groups excluding carboxylic acids is 1. The molecule has 2 fully saturated rings. The predicted molar refractivity (Wildman–Crippen MR) is 139 cm³/mol. The predicted octanol–water partition coefficient (Wildman–Crippen LogP) is 5.67. The van der Waals surface area contributed by atoms with E-state index in [1.54, 1.807) is 11.0 Å². The zero-order valence-corrected chi connectivity index (χ0v) is 21.1. The highest BCUT2D eigenvalue weighted by atomic mass is 16.5. The van der Waals surface area contributed by atoms with E-state index >= 15 is 0 Å². The van der Waals surface area contributed by atoms with Gasteiger partial charge in [0.05, 0.1) is 31.5 Å². The molecular formula is C29H32N2O6. The second-order valence-corrected chi connectivity index (χ2v) is 10.2. The van der Waals surface area contributed by atoms with Crippen LogP contribution in [0.15, 0.2) is 36.4 Å². The number of benzene rings is 2. The molecule has 1 amide bonds. The third-order valence-electron chi connectivity index (χ3n) is 8.03. The van der Waals surface area contributed by atoms with Gasteiger partial charge in [0, 0.05) is 35.5 Å². The van der Waals surface area contributed by atoms with E-state index in [9.17, 15) is 14.7 Å². The number of methoxy groups -OCH3 is 1. The van der Waals surface area contributed by atoms with Gasteiger partial charge < -0.3 is 28.8 Å². The number of ether oxygens (including phenoxy) is 3. The van der Waals surface area contributed by atoms with E-state index in [0.717, 1.165) is 47.2 Å². The summed E-state index contributed by atoms with van der Waals surface area (Å²) in [6.45, 7) is 2.23. The van der Waals surface area contributed by atoms with Gasteiger partial charge in [-0.1, -0.05) is 25.3 Å². The molecular weight excluding hydrogens is 472 g/mol. The maximum atomic E-state index is 11.8. The third kappa shape index (κ3) is 4.28. The van der Waals surface area contributed by atoms with Crippen LogP contribution < -0.4 is 9.47 Å². The molecule has 0 radical (unpaired) electrons. The van der Waals surface area contributed by atoms with Crippen LogP contribution in [0.1, 0.15) is 60.4 Å². The van der Waals surface area contributed by atoms with Crippen molar-refractivity contribution >= 4 is 23.0 Å². The molecule has 1 aliphatic carbocycles. The summed E-state index contributed by atoms with van der Waals surface area (Å²) in [5, 5.41) is 10.8. The number of nitrogens with zero attached hydrogens (tertiary/aromatic N) is 2. The summed E-state index contributed by atoms with van der Waals surface area (Å²) in [7, 11) is 1.39. The third-order valence-corrected chi connectivity index (χ3v) is 8.03. The molecule has 1 N–H and O–H groups in total. The lowest BCUT2D eigenvalue weighted by molar-refractivity contribution is 0.0697. The van der Waals surface area contributed by atoms with Crippen molar-refractivity contribution in [2.75, 3.05) is 26.8 Å². The summed E-state index contributed by atoms with van der Waals surface area (Å²) in [6.07, 6.45) is 6.30. The van der Waals surface area contributed by atoms with E-state index in [1.165, 1.54) is 31.9 Å². The summed E-state index contributed by atoms with van der Waals surface area (Å²) in [4.78, 5) is 25.3. The van der Waals surface area contributed by atoms with Gasteiger partial charge >= 0.3 is 12.1 Å². The van der Waals surface area contributed by atoms with Gasteiger partial charge in [0.25, 0.3) is 0 Å². The van der Waals surface area contributed by atoms with Crippen molar-refractivity contribution in [3.8, 4) is 22.8 Å². The van der Waals surface area contributed by atoms with E-state index in [-0.39, 0.29) is 12.2 Å². The van der Waals surface area contributed by atoms with Crippen LogP contribution in [0.4, 0.5) is 4.79 Å². The van der Waals surface area contributed by atoms with Gasteiger partial charge in [-0.2, -0.15) is 0 Å². The fourth-order valence-electron chi connectivity index (χ4n) is 6.29. The van der Waals surface area contributed by atoms with Gasteiger partial charge in [-0.25, -0.2) is 9.59 Å². The van der Waals surface area contributed by atoms with Gasteiger partial charge in [-0.3, -0.25) is 0 Å². The SMILES string of the molecule is COC(=O)N1CC[C@H](Oc2ccc3c(c2)OCCn2c-3c(C3CCCCC3)c3ccc(C(=O)O)cc32)C1. The van der Waals surface area contributed by atoms with E-state index < -0.39 is 5.97 Å². The fourth-order valence-corrected chi connectivity index (χ4v) is 6.29. The number of carboxylic acids is 1. The highest BCUT2D eigenvalue weighted by molar-refractivity contribution is 5.98. The van der Waals surface area contributed by atoms with Crippen molar-refractivity contribution in [2.24, 2.45) is 0 Å². The Bertz CT molecular complexity index is 1360. The molecule has 1 saturated heterocycles. The molecule has 1 atom stereocenters. The lowest BCUT2D eigenvalue weighted by Gasteiger charge is -2.24. The van der Waals surface area contributed by atoms with Crippen molar-refractivity contribution < 1.29 is 28.9 Å². The van der Waals surface area contributed by atoms with Crippen molar-refractivity contribution in [3.05, 3.63) is 47.5 Å². The first-order chi connectivity index (χ1) is 18.0. The number of carboxylic acid groups (broad SMARTS) is 1. The van der Waals surface area contributed by atoms with Crippen LogP contribution in [0.3, 0.4) is 0 Å². The Balaban J connectivity index is 1.40. The van der Waals surface area contributed by atoms with E-state index in [4.69, 9.17) is 14.2 Å². The zero-order valence-electron chi connectivity index (χ0n) is 21.1. The Labute approximate surface area is 215 Å². The first-order valence-electron chi connectivity index (χ1n) is 13.2. The van der Waals surface area contributed by atoms with Gasteiger partial charge in [-0.05, 0) is 48.6 Å². The molecule has 3 aromatic rings. The molecule has 8 heteroatoms. The molecule has 0 unspecified atom stereocenters. The lowest BCUT2D eigenvalue weighted by Crippen LogP contribution is -2.30. The van der Waals surface area contributed by atoms with E-state index in [0.29, 0.717) is 43.5 Å². The lowest BCUT2D eigenvalue weighted by atomic mass is 9.81. The van der Waals surface area contributed by atoms with Crippen molar-refractivity contribution in [2.45, 2.75) is 57.1 Å². The molecule has 6 rings (SSSR count). The van der Waals surface area contributed by atoms with Crippen LogP contribution >= 0.6 is 0 Å². The highest BCUT2D eigenvalue weighted by Crippen LogP contribution is 2.47. The fraction of sp³-hybridized carbons (Fsp3) is 0.448. The first kappa shape index (κ1) is 23.7. The maximum Gasteiger partial charge on any atom is 0.409 e. The number of carbonyl (C=O) groups is 2. The number of aromatic nitrogens is 1. The molecule has 8 nitrogen and oxygen atoms in total. The normalized spacial score (nSPS) is 19.6. The van der Waals surface area contributed by atoms with Crippen LogP contribution in [0.5, 0.6) is 11.5 Å². The smallest absolute Gasteiger partial charge is 0.409 e. The maximum absolute atomic E-state index is 11.8. The summed E-state index contributed by atoms with van der Waals surface area (Å²) in [6, 6.07) is 11.5. The molecule has 0 spiro atoms. The second kappa shape index (κ2) is 9.65. The van der Waals surface area contributed by atoms with Crippen LogP contribution in [-0.2, 0) is 11.3 Å². The van der Waals surface area contributed by atoms with Crippen molar-refractivity contribution in [1.82, 2.24) is 9.47 Å². The van der Waals surface area contributed by atoms with E-state index in [1.807, 2.05) is 24.3 Å². The Morgan fingerprint density at radius 2 is 1.86 bits per heavy atom.